The number of carboxylic acids is 1. The van der Waals surface area contributed by atoms with Crippen molar-refractivity contribution in [3.8, 4) is 0 Å². The molecule has 0 aromatic carbocycles. The molecule has 1 N–H and O–H groups in total. The first-order valence-corrected chi connectivity index (χ1v) is 4.68. The second-order valence-corrected chi connectivity index (χ2v) is 3.82. The molecule has 0 aromatic heterocycles. The lowest BCUT2D eigenvalue weighted by atomic mass is 10.1. The van der Waals surface area contributed by atoms with Crippen molar-refractivity contribution in [3.05, 3.63) is 12.2 Å². The molecule has 0 saturated heterocycles. The van der Waals surface area contributed by atoms with Crippen LogP contribution in [0.5, 0.6) is 0 Å². The minimum atomic E-state index is -0.577. The Morgan fingerprint density at radius 3 is 2.08 bits per heavy atom. The van der Waals surface area contributed by atoms with Crippen molar-refractivity contribution in [2.24, 2.45) is 17.8 Å². The molecule has 3 atom stereocenters. The summed E-state index contributed by atoms with van der Waals surface area (Å²) >= 11 is 0. The summed E-state index contributed by atoms with van der Waals surface area (Å²) in [7, 11) is 0. The Hall–Kier alpha value is -0.790. The highest BCUT2D eigenvalue weighted by molar-refractivity contribution is 5.74. The lowest BCUT2D eigenvalue weighted by Crippen LogP contribution is -2.00. The third kappa shape index (κ3) is 1.26. The molecule has 0 heterocycles. The first-order chi connectivity index (χ1) is 5.80. The summed E-state index contributed by atoms with van der Waals surface area (Å²) in [5.74, 6) is 0.400. The largest absolute Gasteiger partial charge is 0.481 e. The number of hydrogen-bond acceptors (Lipinski definition) is 1. The zero-order chi connectivity index (χ0) is 8.55. The Kier molecular flexibility index (Phi) is 1.91. The minimum Gasteiger partial charge on any atom is -0.481 e. The van der Waals surface area contributed by atoms with Gasteiger partial charge < -0.3 is 5.11 Å². The van der Waals surface area contributed by atoms with E-state index < -0.39 is 5.97 Å². The topological polar surface area (TPSA) is 37.3 Å². The second kappa shape index (κ2) is 2.92. The van der Waals surface area contributed by atoms with Crippen molar-refractivity contribution in [2.45, 2.75) is 25.7 Å². The van der Waals surface area contributed by atoms with Crippen molar-refractivity contribution < 1.29 is 9.90 Å². The van der Waals surface area contributed by atoms with Crippen LogP contribution in [0.15, 0.2) is 12.2 Å². The average molecular weight is 166 g/mol. The van der Waals surface area contributed by atoms with Gasteiger partial charge in [-0.1, -0.05) is 12.2 Å². The zero-order valence-electron chi connectivity index (χ0n) is 7.07. The van der Waals surface area contributed by atoms with Gasteiger partial charge in [0.1, 0.15) is 0 Å². The van der Waals surface area contributed by atoms with Gasteiger partial charge in [-0.25, -0.2) is 0 Å². The standard InChI is InChI=1S/C10H14O2/c11-10(12)9-7-5-3-1-2-4-6-8(7)9/h1-2,7-9H,3-6H2,(H,11,12)/t7-,8+,9?. The smallest absolute Gasteiger partial charge is 0.307 e. The van der Waals surface area contributed by atoms with Crippen LogP contribution in [0, 0.1) is 17.8 Å². The summed E-state index contributed by atoms with van der Waals surface area (Å²) in [5.41, 5.74) is 0. The van der Waals surface area contributed by atoms with E-state index in [9.17, 15) is 4.79 Å². The fourth-order valence-corrected chi connectivity index (χ4v) is 2.41. The Bertz CT molecular complexity index is 204. The predicted octanol–water partition coefficient (Wildman–Crippen LogP) is 2.06. The summed E-state index contributed by atoms with van der Waals surface area (Å²) < 4.78 is 0. The molecule has 0 radical (unpaired) electrons. The highest BCUT2D eigenvalue weighted by Crippen LogP contribution is 2.52. The van der Waals surface area contributed by atoms with E-state index in [1.807, 2.05) is 0 Å². The van der Waals surface area contributed by atoms with Crippen molar-refractivity contribution in [3.63, 3.8) is 0 Å². The molecule has 2 aliphatic carbocycles. The van der Waals surface area contributed by atoms with Gasteiger partial charge in [-0.3, -0.25) is 4.79 Å². The van der Waals surface area contributed by atoms with Crippen molar-refractivity contribution in [1.82, 2.24) is 0 Å². The van der Waals surface area contributed by atoms with Gasteiger partial charge >= 0.3 is 5.97 Å². The Labute approximate surface area is 72.3 Å². The number of hydrogen-bond donors (Lipinski definition) is 1. The van der Waals surface area contributed by atoms with Crippen LogP contribution in [0.3, 0.4) is 0 Å². The average Bonchev–Trinajstić information content (AvgIpc) is 2.60. The molecule has 2 heteroatoms. The molecule has 1 fully saturated rings. The van der Waals surface area contributed by atoms with Crippen LogP contribution in [0.4, 0.5) is 0 Å². The molecule has 1 saturated carbocycles. The molecular weight excluding hydrogens is 152 g/mol. The lowest BCUT2D eigenvalue weighted by molar-refractivity contribution is -0.139. The number of aliphatic carboxylic acids is 1. The summed E-state index contributed by atoms with van der Waals surface area (Å²) in [6, 6.07) is 0. The van der Waals surface area contributed by atoms with Gasteiger partial charge in [-0.15, -0.1) is 0 Å². The van der Waals surface area contributed by atoms with Crippen LogP contribution in [0.1, 0.15) is 25.7 Å². The van der Waals surface area contributed by atoms with Crippen LogP contribution in [-0.2, 0) is 4.79 Å². The molecule has 12 heavy (non-hydrogen) atoms. The molecule has 0 aliphatic heterocycles. The second-order valence-electron chi connectivity index (χ2n) is 3.82. The summed E-state index contributed by atoms with van der Waals surface area (Å²) in [4.78, 5) is 10.7. The maximum atomic E-state index is 10.7. The van der Waals surface area contributed by atoms with Gasteiger partial charge in [0.05, 0.1) is 5.92 Å². The Morgan fingerprint density at radius 2 is 1.67 bits per heavy atom. The van der Waals surface area contributed by atoms with E-state index >= 15 is 0 Å². The van der Waals surface area contributed by atoms with Gasteiger partial charge in [0.2, 0.25) is 0 Å². The third-order valence-corrected chi connectivity index (χ3v) is 3.12. The highest BCUT2D eigenvalue weighted by Gasteiger charge is 2.53. The molecule has 2 rings (SSSR count). The van der Waals surface area contributed by atoms with Gasteiger partial charge in [0.25, 0.3) is 0 Å². The van der Waals surface area contributed by atoms with Gasteiger partial charge in [-0.2, -0.15) is 0 Å². The summed E-state index contributed by atoms with van der Waals surface area (Å²) in [6.07, 6.45) is 8.69. The van der Waals surface area contributed by atoms with E-state index in [0.29, 0.717) is 11.8 Å². The molecule has 66 valence electrons. The fourth-order valence-electron chi connectivity index (χ4n) is 2.41. The highest BCUT2D eigenvalue weighted by atomic mass is 16.4. The maximum absolute atomic E-state index is 10.7. The number of allylic oxidation sites excluding steroid dienone is 2. The molecular formula is C10H14O2. The van der Waals surface area contributed by atoms with E-state index in [2.05, 4.69) is 12.2 Å². The number of fused-ring (bicyclic) bond motifs is 1. The van der Waals surface area contributed by atoms with Crippen LogP contribution in [0.25, 0.3) is 0 Å². The summed E-state index contributed by atoms with van der Waals surface area (Å²) in [6.45, 7) is 0. The normalized spacial score (nSPS) is 39.5. The first-order valence-electron chi connectivity index (χ1n) is 4.68. The van der Waals surface area contributed by atoms with E-state index in [-0.39, 0.29) is 5.92 Å². The predicted molar refractivity (Wildman–Crippen MR) is 45.7 cm³/mol. The molecule has 0 bridgehead atoms. The third-order valence-electron chi connectivity index (χ3n) is 3.12. The van der Waals surface area contributed by atoms with Crippen LogP contribution in [-0.4, -0.2) is 11.1 Å². The maximum Gasteiger partial charge on any atom is 0.307 e. The molecule has 0 amide bonds. The number of rotatable bonds is 1. The monoisotopic (exact) mass is 166 g/mol. The van der Waals surface area contributed by atoms with Crippen LogP contribution < -0.4 is 0 Å². The van der Waals surface area contributed by atoms with Crippen molar-refractivity contribution in [2.75, 3.05) is 0 Å². The molecule has 0 aromatic rings. The van der Waals surface area contributed by atoms with E-state index in [0.717, 1.165) is 25.7 Å². The number of carbonyl (C=O) groups is 1. The fraction of sp³-hybridized carbons (Fsp3) is 0.700. The molecule has 2 aliphatic rings. The Morgan fingerprint density at radius 1 is 1.17 bits per heavy atom. The molecule has 1 unspecified atom stereocenters. The zero-order valence-corrected chi connectivity index (χ0v) is 7.07. The van der Waals surface area contributed by atoms with Crippen molar-refractivity contribution in [1.29, 1.82) is 0 Å². The molecule has 0 spiro atoms. The number of carboxylic acid groups (broad SMARTS) is 1. The van der Waals surface area contributed by atoms with Crippen molar-refractivity contribution >= 4 is 5.97 Å². The van der Waals surface area contributed by atoms with E-state index in [1.54, 1.807) is 0 Å². The van der Waals surface area contributed by atoms with Gasteiger partial charge in [0.15, 0.2) is 0 Å². The van der Waals surface area contributed by atoms with Gasteiger partial charge in [0, 0.05) is 0 Å². The lowest BCUT2D eigenvalue weighted by Gasteiger charge is -1.98. The SMILES string of the molecule is O=C(O)C1[C@H]2CCC=CCC[C@@H]12. The van der Waals surface area contributed by atoms with Crippen LogP contribution >= 0.6 is 0 Å². The van der Waals surface area contributed by atoms with Gasteiger partial charge in [-0.05, 0) is 37.5 Å². The minimum absolute atomic E-state index is 0.00935. The van der Waals surface area contributed by atoms with E-state index in [1.165, 1.54) is 0 Å². The Balaban J connectivity index is 1.98. The summed E-state index contributed by atoms with van der Waals surface area (Å²) in [5, 5.41) is 8.85. The quantitative estimate of drug-likeness (QED) is 0.605. The first kappa shape index (κ1) is 7.84. The molecule has 2 nitrogen and oxygen atoms in total. The van der Waals surface area contributed by atoms with E-state index in [4.69, 9.17) is 5.11 Å². The van der Waals surface area contributed by atoms with Crippen LogP contribution in [0.2, 0.25) is 0 Å².